The molecule has 1 N–H and O–H groups in total. The molecule has 0 saturated heterocycles. The predicted molar refractivity (Wildman–Crippen MR) is 88.4 cm³/mol. The number of thiazole rings is 1. The van der Waals surface area contributed by atoms with Crippen LogP contribution in [0.15, 0.2) is 22.7 Å². The molecule has 5 heteroatoms. The Morgan fingerprint density at radius 1 is 1.33 bits per heavy atom. The molecule has 2 aromatic rings. The Bertz CT molecular complexity index is 632. The Kier molecular flexibility index (Phi) is 4.43. The summed E-state index contributed by atoms with van der Waals surface area (Å²) in [6.07, 6.45) is 3.46. The maximum absolute atomic E-state index is 13.5. The molecule has 0 aliphatic heterocycles. The largest absolute Gasteiger partial charge is 0.302 e. The second kappa shape index (κ2) is 6.15. The summed E-state index contributed by atoms with van der Waals surface area (Å²) in [6, 6.07) is 5.56. The summed E-state index contributed by atoms with van der Waals surface area (Å²) in [5.41, 5.74) is 2.30. The van der Waals surface area contributed by atoms with Crippen molar-refractivity contribution in [3.63, 3.8) is 0 Å². The number of rotatable bonds is 4. The lowest BCUT2D eigenvalue weighted by molar-refractivity contribution is 0.524. The Labute approximate surface area is 136 Å². The first-order valence-corrected chi connectivity index (χ1v) is 8.85. The van der Waals surface area contributed by atoms with Crippen LogP contribution in [-0.4, -0.2) is 11.0 Å². The molecule has 2 nitrogen and oxygen atoms in total. The van der Waals surface area contributed by atoms with E-state index in [-0.39, 0.29) is 11.9 Å². The zero-order chi connectivity index (χ0) is 15.0. The van der Waals surface area contributed by atoms with Gasteiger partial charge in [0.2, 0.25) is 0 Å². The Morgan fingerprint density at radius 2 is 2.14 bits per heavy atom. The maximum Gasteiger partial charge on any atom is 0.137 e. The lowest BCUT2D eigenvalue weighted by atomic mass is 10.1. The molecule has 1 aromatic heterocycles. The molecule has 1 heterocycles. The minimum Gasteiger partial charge on any atom is -0.302 e. The van der Waals surface area contributed by atoms with Crippen LogP contribution in [0.1, 0.15) is 47.5 Å². The third kappa shape index (κ3) is 3.20. The number of aryl methyl sites for hydroxylation is 2. The monoisotopic (exact) mass is 368 g/mol. The predicted octanol–water partition coefficient (Wildman–Crippen LogP) is 4.62. The summed E-state index contributed by atoms with van der Waals surface area (Å²) in [4.78, 5) is 6.24. The van der Waals surface area contributed by atoms with Gasteiger partial charge in [-0.05, 0) is 66.7 Å². The fourth-order valence-electron chi connectivity index (χ4n) is 2.67. The molecule has 0 radical (unpaired) electrons. The Hall–Kier alpha value is -0.780. The van der Waals surface area contributed by atoms with E-state index in [1.807, 2.05) is 12.1 Å². The van der Waals surface area contributed by atoms with Gasteiger partial charge in [0.1, 0.15) is 10.8 Å². The first-order valence-electron chi connectivity index (χ1n) is 7.24. The van der Waals surface area contributed by atoms with Crippen LogP contribution < -0.4 is 5.32 Å². The van der Waals surface area contributed by atoms with Crippen molar-refractivity contribution in [2.45, 2.75) is 45.2 Å². The summed E-state index contributed by atoms with van der Waals surface area (Å²) >= 11 is 5.07. The molecule has 112 valence electrons. The zero-order valence-corrected chi connectivity index (χ0v) is 14.5. The van der Waals surface area contributed by atoms with Gasteiger partial charge in [0.05, 0.1) is 16.2 Å². The summed E-state index contributed by atoms with van der Waals surface area (Å²) in [7, 11) is 0. The second-order valence-corrected chi connectivity index (χ2v) is 7.67. The van der Waals surface area contributed by atoms with Gasteiger partial charge < -0.3 is 5.32 Å². The van der Waals surface area contributed by atoms with Gasteiger partial charge in [-0.2, -0.15) is 0 Å². The smallest absolute Gasteiger partial charge is 0.137 e. The fraction of sp³-hybridized carbons (Fsp3) is 0.438. The quantitative estimate of drug-likeness (QED) is 0.851. The summed E-state index contributed by atoms with van der Waals surface area (Å²) < 4.78 is 14.0. The van der Waals surface area contributed by atoms with Crippen LogP contribution in [0, 0.1) is 5.82 Å². The van der Waals surface area contributed by atoms with Gasteiger partial charge in [0.15, 0.2) is 0 Å². The third-order valence-corrected chi connectivity index (χ3v) is 5.47. The normalized spacial score (nSPS) is 15.5. The van der Waals surface area contributed by atoms with Gasteiger partial charge >= 0.3 is 0 Å². The van der Waals surface area contributed by atoms with Crippen molar-refractivity contribution in [1.29, 1.82) is 0 Å². The van der Waals surface area contributed by atoms with E-state index in [1.165, 1.54) is 23.1 Å². The van der Waals surface area contributed by atoms with Crippen LogP contribution >= 0.6 is 27.3 Å². The highest BCUT2D eigenvalue weighted by molar-refractivity contribution is 9.10. The number of hydrogen-bond donors (Lipinski definition) is 1. The van der Waals surface area contributed by atoms with Gasteiger partial charge in [-0.25, -0.2) is 9.37 Å². The van der Waals surface area contributed by atoms with E-state index < -0.39 is 0 Å². The molecule has 3 rings (SSSR count). The molecule has 1 unspecified atom stereocenters. The van der Waals surface area contributed by atoms with Crippen molar-refractivity contribution >= 4 is 27.3 Å². The van der Waals surface area contributed by atoms with E-state index in [2.05, 4.69) is 35.1 Å². The Morgan fingerprint density at radius 3 is 2.81 bits per heavy atom. The van der Waals surface area contributed by atoms with Gasteiger partial charge in [0.25, 0.3) is 0 Å². The SMILES string of the molecule is CC(C)NC(c1ccc(F)c(Br)c1)c1nc2c(s1)CCC2. The van der Waals surface area contributed by atoms with E-state index in [9.17, 15) is 4.39 Å². The highest BCUT2D eigenvalue weighted by atomic mass is 79.9. The highest BCUT2D eigenvalue weighted by Crippen LogP contribution is 2.34. The number of nitrogens with one attached hydrogen (secondary N) is 1. The Balaban J connectivity index is 1.98. The minimum atomic E-state index is -0.233. The van der Waals surface area contributed by atoms with E-state index in [1.54, 1.807) is 11.3 Å². The lowest BCUT2D eigenvalue weighted by Gasteiger charge is -2.20. The summed E-state index contributed by atoms with van der Waals surface area (Å²) in [5, 5.41) is 4.64. The number of benzene rings is 1. The van der Waals surface area contributed by atoms with Gasteiger partial charge in [0, 0.05) is 10.9 Å². The van der Waals surface area contributed by atoms with Crippen molar-refractivity contribution < 1.29 is 4.39 Å². The third-order valence-electron chi connectivity index (χ3n) is 3.64. The van der Waals surface area contributed by atoms with Crippen LogP contribution in [0.2, 0.25) is 0 Å². The molecule has 21 heavy (non-hydrogen) atoms. The molecule has 1 aliphatic carbocycles. The van der Waals surface area contributed by atoms with Crippen LogP contribution in [0.5, 0.6) is 0 Å². The molecular formula is C16H18BrFN2S. The number of nitrogens with zero attached hydrogens (tertiary/aromatic N) is 1. The van der Waals surface area contributed by atoms with Crippen LogP contribution in [0.25, 0.3) is 0 Å². The lowest BCUT2D eigenvalue weighted by Crippen LogP contribution is -2.29. The minimum absolute atomic E-state index is 0.0255. The van der Waals surface area contributed by atoms with Gasteiger partial charge in [-0.3, -0.25) is 0 Å². The number of halogens is 2. The standard InChI is InChI=1S/C16H18BrFN2S/c1-9(2)19-15(10-6-7-12(18)11(17)8-10)16-20-13-4-3-5-14(13)21-16/h6-9,15,19H,3-5H2,1-2H3. The zero-order valence-electron chi connectivity index (χ0n) is 12.1. The average Bonchev–Trinajstić information content (AvgIpc) is 3.00. The average molecular weight is 369 g/mol. The van der Waals surface area contributed by atoms with E-state index >= 15 is 0 Å². The van der Waals surface area contributed by atoms with Gasteiger partial charge in [-0.1, -0.05) is 6.07 Å². The molecule has 0 amide bonds. The molecule has 1 aromatic carbocycles. The molecular weight excluding hydrogens is 351 g/mol. The van der Waals surface area contributed by atoms with E-state index in [4.69, 9.17) is 4.98 Å². The van der Waals surface area contributed by atoms with Crippen LogP contribution in [-0.2, 0) is 12.8 Å². The molecule has 0 bridgehead atoms. The number of aromatic nitrogens is 1. The van der Waals surface area contributed by atoms with Crippen molar-refractivity contribution in [3.8, 4) is 0 Å². The first kappa shape index (κ1) is 15.1. The summed E-state index contributed by atoms with van der Waals surface area (Å²) in [5.74, 6) is -0.233. The fourth-order valence-corrected chi connectivity index (χ4v) is 4.31. The van der Waals surface area contributed by atoms with Crippen LogP contribution in [0.3, 0.4) is 0 Å². The van der Waals surface area contributed by atoms with Crippen LogP contribution in [0.4, 0.5) is 4.39 Å². The number of hydrogen-bond acceptors (Lipinski definition) is 3. The summed E-state index contributed by atoms with van der Waals surface area (Å²) in [6.45, 7) is 4.24. The molecule has 0 spiro atoms. The highest BCUT2D eigenvalue weighted by Gasteiger charge is 2.24. The molecule has 0 fully saturated rings. The molecule has 0 saturated carbocycles. The molecule has 1 aliphatic rings. The van der Waals surface area contributed by atoms with Gasteiger partial charge in [-0.15, -0.1) is 11.3 Å². The van der Waals surface area contributed by atoms with Crippen molar-refractivity contribution in [2.24, 2.45) is 0 Å². The second-order valence-electron chi connectivity index (χ2n) is 5.70. The molecule has 1 atom stereocenters. The van der Waals surface area contributed by atoms with E-state index in [0.717, 1.165) is 23.4 Å². The van der Waals surface area contributed by atoms with E-state index in [0.29, 0.717) is 10.5 Å². The van der Waals surface area contributed by atoms with Crippen molar-refractivity contribution in [3.05, 3.63) is 49.6 Å². The van der Waals surface area contributed by atoms with Crippen molar-refractivity contribution in [2.75, 3.05) is 0 Å². The number of fused-ring (bicyclic) bond motifs is 1. The van der Waals surface area contributed by atoms with Crippen molar-refractivity contribution in [1.82, 2.24) is 10.3 Å². The first-order chi connectivity index (χ1) is 10.0. The topological polar surface area (TPSA) is 24.9 Å². The maximum atomic E-state index is 13.5.